The highest BCUT2D eigenvalue weighted by molar-refractivity contribution is 5.58. The molecule has 1 aliphatic heterocycles. The van der Waals surface area contributed by atoms with Crippen molar-refractivity contribution in [1.82, 2.24) is 0 Å². The highest BCUT2D eigenvalue weighted by Crippen LogP contribution is 2.40. The number of halogens is 4. The molecule has 21 heavy (non-hydrogen) atoms. The fourth-order valence-corrected chi connectivity index (χ4v) is 3.16. The van der Waals surface area contributed by atoms with Crippen LogP contribution in [0, 0.1) is 5.82 Å². The van der Waals surface area contributed by atoms with Gasteiger partial charge in [0.05, 0.1) is 11.7 Å². The SMILES string of the molecule is OC1CCCC2=C1CCN2c1ccc(F)c(C(F)(F)F)c1. The normalized spacial score (nSPS) is 22.7. The van der Waals surface area contributed by atoms with E-state index < -0.39 is 23.7 Å². The first kappa shape index (κ1) is 14.4. The summed E-state index contributed by atoms with van der Waals surface area (Å²) in [4.78, 5) is 1.77. The predicted octanol–water partition coefficient (Wildman–Crippen LogP) is 3.85. The van der Waals surface area contributed by atoms with Gasteiger partial charge in [-0.2, -0.15) is 13.2 Å². The molecule has 2 nitrogen and oxygen atoms in total. The number of allylic oxidation sites excluding steroid dienone is 1. The van der Waals surface area contributed by atoms with Crippen LogP contribution in [0.15, 0.2) is 29.5 Å². The lowest BCUT2D eigenvalue weighted by Gasteiger charge is -2.27. The van der Waals surface area contributed by atoms with E-state index in [-0.39, 0.29) is 0 Å². The van der Waals surface area contributed by atoms with Gasteiger partial charge in [-0.15, -0.1) is 0 Å². The van der Waals surface area contributed by atoms with Crippen LogP contribution in [0.25, 0.3) is 0 Å². The Morgan fingerprint density at radius 2 is 1.95 bits per heavy atom. The summed E-state index contributed by atoms with van der Waals surface area (Å²) in [6.45, 7) is 0.532. The Bertz CT molecular complexity index is 594. The molecule has 1 aromatic rings. The fourth-order valence-electron chi connectivity index (χ4n) is 3.16. The van der Waals surface area contributed by atoms with Crippen LogP contribution in [0.5, 0.6) is 0 Å². The van der Waals surface area contributed by atoms with Crippen LogP contribution in [0.3, 0.4) is 0 Å². The van der Waals surface area contributed by atoms with Gasteiger partial charge in [0.15, 0.2) is 0 Å². The third-order valence-corrected chi connectivity index (χ3v) is 4.16. The van der Waals surface area contributed by atoms with Crippen LogP contribution in [-0.4, -0.2) is 17.8 Å². The molecule has 0 aromatic heterocycles. The summed E-state index contributed by atoms with van der Waals surface area (Å²) in [5.74, 6) is -1.26. The Kier molecular flexibility index (Phi) is 3.43. The lowest BCUT2D eigenvalue weighted by atomic mass is 9.93. The number of nitrogens with zero attached hydrogens (tertiary/aromatic N) is 1. The zero-order valence-electron chi connectivity index (χ0n) is 11.3. The van der Waals surface area contributed by atoms with Crippen molar-refractivity contribution < 1.29 is 22.7 Å². The minimum absolute atomic E-state index is 0.336. The Labute approximate surface area is 119 Å². The standard InChI is InChI=1S/C15H15F4NO/c16-12-5-4-9(8-11(12)15(17,18)19)20-7-6-10-13(20)2-1-3-14(10)21/h4-5,8,14,21H,1-3,6-7H2. The lowest BCUT2D eigenvalue weighted by molar-refractivity contribution is -0.139. The molecule has 3 rings (SSSR count). The number of aliphatic hydroxyl groups excluding tert-OH is 1. The van der Waals surface area contributed by atoms with Gasteiger partial charge in [-0.3, -0.25) is 0 Å². The molecular formula is C15H15F4NO. The maximum atomic E-state index is 13.4. The zero-order valence-corrected chi connectivity index (χ0v) is 11.3. The molecular weight excluding hydrogens is 286 g/mol. The molecule has 1 unspecified atom stereocenters. The first-order chi connectivity index (χ1) is 9.88. The van der Waals surface area contributed by atoms with Crippen LogP contribution >= 0.6 is 0 Å². The van der Waals surface area contributed by atoms with Gasteiger partial charge in [0.1, 0.15) is 5.82 Å². The minimum Gasteiger partial charge on any atom is -0.389 e. The number of anilines is 1. The van der Waals surface area contributed by atoms with Crippen molar-refractivity contribution in [3.8, 4) is 0 Å². The largest absolute Gasteiger partial charge is 0.419 e. The minimum atomic E-state index is -4.71. The van der Waals surface area contributed by atoms with Crippen molar-refractivity contribution in [2.45, 2.75) is 38.0 Å². The summed E-state index contributed by atoms with van der Waals surface area (Å²) in [5.41, 5.74) is 0.904. The summed E-state index contributed by atoms with van der Waals surface area (Å²) >= 11 is 0. The Morgan fingerprint density at radius 1 is 1.19 bits per heavy atom. The topological polar surface area (TPSA) is 23.5 Å². The van der Waals surface area contributed by atoms with Crippen LogP contribution in [0.1, 0.15) is 31.2 Å². The second-order valence-corrected chi connectivity index (χ2v) is 5.44. The second-order valence-electron chi connectivity index (χ2n) is 5.44. The molecule has 1 heterocycles. The van der Waals surface area contributed by atoms with Gasteiger partial charge in [0, 0.05) is 17.9 Å². The summed E-state index contributed by atoms with van der Waals surface area (Å²) in [5, 5.41) is 9.95. The van der Waals surface area contributed by atoms with Crippen LogP contribution in [-0.2, 0) is 6.18 Å². The molecule has 0 fully saturated rings. The van der Waals surface area contributed by atoms with Crippen LogP contribution in [0.2, 0.25) is 0 Å². The van der Waals surface area contributed by atoms with Crippen molar-refractivity contribution >= 4 is 5.69 Å². The summed E-state index contributed by atoms with van der Waals surface area (Å²) in [6, 6.07) is 3.07. The molecule has 1 aromatic carbocycles. The first-order valence-electron chi connectivity index (χ1n) is 6.92. The Hall–Kier alpha value is -1.56. The van der Waals surface area contributed by atoms with Crippen LogP contribution in [0.4, 0.5) is 23.2 Å². The number of alkyl halides is 3. The average Bonchev–Trinajstić information content (AvgIpc) is 2.83. The van der Waals surface area contributed by atoms with E-state index in [1.165, 1.54) is 6.07 Å². The Morgan fingerprint density at radius 3 is 2.67 bits per heavy atom. The van der Waals surface area contributed by atoms with Crippen molar-refractivity contribution in [2.75, 3.05) is 11.4 Å². The predicted molar refractivity (Wildman–Crippen MR) is 70.2 cm³/mol. The van der Waals surface area contributed by atoms with E-state index in [2.05, 4.69) is 0 Å². The summed E-state index contributed by atoms with van der Waals surface area (Å²) in [6.07, 6.45) is -2.31. The van der Waals surface area contributed by atoms with Gasteiger partial charge < -0.3 is 10.0 Å². The van der Waals surface area contributed by atoms with E-state index in [0.717, 1.165) is 36.2 Å². The smallest absolute Gasteiger partial charge is 0.389 e. The molecule has 0 radical (unpaired) electrons. The number of hydrogen-bond donors (Lipinski definition) is 1. The quantitative estimate of drug-likeness (QED) is 0.796. The molecule has 0 amide bonds. The molecule has 1 atom stereocenters. The van der Waals surface area contributed by atoms with E-state index in [4.69, 9.17) is 0 Å². The van der Waals surface area contributed by atoms with Crippen molar-refractivity contribution in [3.05, 3.63) is 40.8 Å². The maximum Gasteiger partial charge on any atom is 0.419 e. The molecule has 0 spiro atoms. The molecule has 1 N–H and O–H groups in total. The maximum absolute atomic E-state index is 13.4. The summed E-state index contributed by atoms with van der Waals surface area (Å²) < 4.78 is 51.8. The second kappa shape index (κ2) is 5.02. The van der Waals surface area contributed by atoms with E-state index >= 15 is 0 Å². The molecule has 114 valence electrons. The number of benzene rings is 1. The third kappa shape index (κ3) is 2.52. The zero-order chi connectivity index (χ0) is 15.2. The van der Waals surface area contributed by atoms with Gasteiger partial charge in [-0.05, 0) is 49.5 Å². The number of aliphatic hydroxyl groups is 1. The van der Waals surface area contributed by atoms with Gasteiger partial charge in [0.2, 0.25) is 0 Å². The molecule has 0 saturated carbocycles. The molecule has 6 heteroatoms. The van der Waals surface area contributed by atoms with E-state index in [0.29, 0.717) is 25.1 Å². The van der Waals surface area contributed by atoms with Crippen molar-refractivity contribution in [2.24, 2.45) is 0 Å². The fraction of sp³-hybridized carbons (Fsp3) is 0.467. The van der Waals surface area contributed by atoms with E-state index in [9.17, 15) is 22.7 Å². The average molecular weight is 301 g/mol. The van der Waals surface area contributed by atoms with Crippen molar-refractivity contribution in [1.29, 1.82) is 0 Å². The van der Waals surface area contributed by atoms with Gasteiger partial charge in [0.25, 0.3) is 0 Å². The van der Waals surface area contributed by atoms with Crippen LogP contribution < -0.4 is 4.90 Å². The van der Waals surface area contributed by atoms with Gasteiger partial charge in [-0.25, -0.2) is 4.39 Å². The first-order valence-corrected chi connectivity index (χ1v) is 6.92. The lowest BCUT2D eigenvalue weighted by Crippen LogP contribution is -2.22. The number of hydrogen-bond acceptors (Lipinski definition) is 2. The third-order valence-electron chi connectivity index (χ3n) is 4.16. The number of rotatable bonds is 1. The van der Waals surface area contributed by atoms with E-state index in [1.54, 1.807) is 4.90 Å². The molecule has 0 saturated heterocycles. The monoisotopic (exact) mass is 301 g/mol. The molecule has 2 aliphatic rings. The van der Waals surface area contributed by atoms with Gasteiger partial charge >= 0.3 is 6.18 Å². The van der Waals surface area contributed by atoms with Crippen molar-refractivity contribution in [3.63, 3.8) is 0 Å². The van der Waals surface area contributed by atoms with E-state index in [1.807, 2.05) is 0 Å². The Balaban J connectivity index is 1.99. The molecule has 0 bridgehead atoms. The molecule has 1 aliphatic carbocycles. The highest BCUT2D eigenvalue weighted by atomic mass is 19.4. The van der Waals surface area contributed by atoms with Gasteiger partial charge in [-0.1, -0.05) is 0 Å². The highest BCUT2D eigenvalue weighted by Gasteiger charge is 2.36. The summed E-state index contributed by atoms with van der Waals surface area (Å²) in [7, 11) is 0.